The molecule has 0 spiro atoms. The summed E-state index contributed by atoms with van der Waals surface area (Å²) in [6.45, 7) is 2.51. The van der Waals surface area contributed by atoms with Crippen molar-refractivity contribution in [2.24, 2.45) is 0 Å². The van der Waals surface area contributed by atoms with Crippen LogP contribution in [0.3, 0.4) is 0 Å². The molecule has 0 aromatic heterocycles. The van der Waals surface area contributed by atoms with Crippen molar-refractivity contribution in [1.29, 1.82) is 0 Å². The molecule has 0 aliphatic carbocycles. The summed E-state index contributed by atoms with van der Waals surface area (Å²) < 4.78 is 46.9. The maximum atomic E-state index is 11.7. The maximum absolute atomic E-state index is 11.7. The molecule has 5 nitrogen and oxygen atoms in total. The first-order chi connectivity index (χ1) is 12.8. The van der Waals surface area contributed by atoms with Crippen molar-refractivity contribution in [3.63, 3.8) is 0 Å². The fourth-order valence-electron chi connectivity index (χ4n) is 3.05. The van der Waals surface area contributed by atoms with Crippen LogP contribution in [0.1, 0.15) is 110 Å². The molecule has 0 heterocycles. The third-order valence-corrected chi connectivity index (χ3v) is 9.85. The normalized spacial score (nSPS) is 14.3. The third-order valence-electron chi connectivity index (χ3n) is 4.55. The zero-order valence-electron chi connectivity index (χ0n) is 17.0. The Bertz CT molecular complexity index is 532. The summed E-state index contributed by atoms with van der Waals surface area (Å²) in [7, 11) is -7.36. The van der Waals surface area contributed by atoms with Gasteiger partial charge in [0.1, 0.15) is 0 Å². The van der Waals surface area contributed by atoms with Gasteiger partial charge in [0.2, 0.25) is 0 Å². The predicted octanol–water partition coefficient (Wildman–Crippen LogP) is 5.39. The summed E-state index contributed by atoms with van der Waals surface area (Å²) in [5.41, 5.74) is 0. The van der Waals surface area contributed by atoms with E-state index >= 15 is 0 Å². The molecule has 1 unspecified atom stereocenters. The molecule has 0 saturated heterocycles. The zero-order chi connectivity index (χ0) is 20.4. The van der Waals surface area contributed by atoms with Gasteiger partial charge in [-0.2, -0.15) is 0 Å². The summed E-state index contributed by atoms with van der Waals surface area (Å²) in [6, 6.07) is 0. The molecule has 0 aromatic carbocycles. The van der Waals surface area contributed by atoms with Crippen LogP contribution in [0.25, 0.3) is 0 Å². The Morgan fingerprint density at radius 1 is 0.667 bits per heavy atom. The van der Waals surface area contributed by atoms with Gasteiger partial charge in [0.25, 0.3) is 0 Å². The van der Waals surface area contributed by atoms with Gasteiger partial charge >= 0.3 is 123 Å². The van der Waals surface area contributed by atoms with Crippen molar-refractivity contribution in [2.75, 3.05) is 11.7 Å². The molecular formula is C19H40O5S2Se. The summed E-state index contributed by atoms with van der Waals surface area (Å²) in [4.78, 5) is 0. The number of hydrogen-bond donors (Lipinski definition) is 1. The van der Waals surface area contributed by atoms with Crippen LogP contribution in [-0.2, 0) is 22.4 Å². The molecule has 8 heteroatoms. The SMILES string of the molecule is CCCCCCCCCCCCCCCCCCOS(=O)(=[Se])CS(=O)(=O)O. The summed E-state index contributed by atoms with van der Waals surface area (Å²) in [5, 5.41) is -0.876. The van der Waals surface area contributed by atoms with Gasteiger partial charge in [0, 0.05) is 0 Å². The summed E-state index contributed by atoms with van der Waals surface area (Å²) in [6.07, 6.45) is 20.4. The van der Waals surface area contributed by atoms with Crippen LogP contribution in [0.4, 0.5) is 0 Å². The van der Waals surface area contributed by atoms with Crippen LogP contribution < -0.4 is 0 Å². The second kappa shape index (κ2) is 17.4. The molecule has 0 bridgehead atoms. The van der Waals surface area contributed by atoms with E-state index in [1.54, 1.807) is 0 Å². The Morgan fingerprint density at radius 2 is 1.00 bits per heavy atom. The molecule has 0 aromatic rings. The Labute approximate surface area is 175 Å². The van der Waals surface area contributed by atoms with Crippen molar-refractivity contribution >= 4 is 32.6 Å². The standard InChI is InChI=1S/C19H40O5S2Se/c1-2-3-4-5-6-7-8-9-10-11-12-13-14-15-16-17-18-24-26(23,27)19-25(20,21)22/h2-19H2,1H3,(H,20,21,22). The van der Waals surface area contributed by atoms with Gasteiger partial charge in [-0.15, -0.1) is 0 Å². The van der Waals surface area contributed by atoms with Crippen LogP contribution in [0, 0.1) is 0 Å². The Balaban J connectivity index is 3.28. The van der Waals surface area contributed by atoms with Crippen LogP contribution >= 0.6 is 0 Å². The van der Waals surface area contributed by atoms with E-state index in [2.05, 4.69) is 21.3 Å². The number of rotatable bonds is 20. The van der Waals surface area contributed by atoms with E-state index in [0.29, 0.717) is 0 Å². The molecule has 0 aliphatic rings. The van der Waals surface area contributed by atoms with Crippen molar-refractivity contribution in [1.82, 2.24) is 0 Å². The first kappa shape index (κ1) is 27.5. The van der Waals surface area contributed by atoms with Gasteiger partial charge in [0.15, 0.2) is 0 Å². The number of unbranched alkanes of at least 4 members (excludes halogenated alkanes) is 15. The number of hydrogen-bond acceptors (Lipinski definition) is 4. The molecule has 27 heavy (non-hydrogen) atoms. The molecule has 0 radical (unpaired) electrons. The molecule has 1 N–H and O–H groups in total. The minimum absolute atomic E-state index is 0.250. The van der Waals surface area contributed by atoms with Gasteiger partial charge in [-0.1, -0.05) is 51.9 Å². The van der Waals surface area contributed by atoms with Crippen molar-refractivity contribution in [3.8, 4) is 0 Å². The second-order valence-electron chi connectivity index (χ2n) is 7.38. The molecule has 1 atom stereocenters. The van der Waals surface area contributed by atoms with Gasteiger partial charge in [-0.05, 0) is 0 Å². The average molecular weight is 492 g/mol. The molecule has 164 valence electrons. The average Bonchev–Trinajstić information content (AvgIpc) is 2.55. The summed E-state index contributed by atoms with van der Waals surface area (Å²) in [5.74, 6) is 0. The predicted molar refractivity (Wildman–Crippen MR) is 116 cm³/mol. The first-order valence-corrected chi connectivity index (χ1v) is 15.9. The van der Waals surface area contributed by atoms with Crippen molar-refractivity contribution in [3.05, 3.63) is 0 Å². The third kappa shape index (κ3) is 22.7. The Kier molecular flexibility index (Phi) is 17.8. The molecule has 0 amide bonds. The molecule has 0 fully saturated rings. The van der Waals surface area contributed by atoms with Crippen LogP contribution in [0.15, 0.2) is 0 Å². The molecule has 0 rings (SSSR count). The van der Waals surface area contributed by atoms with Gasteiger partial charge in [-0.25, -0.2) is 0 Å². The van der Waals surface area contributed by atoms with E-state index < -0.39 is 23.3 Å². The van der Waals surface area contributed by atoms with E-state index in [0.717, 1.165) is 19.3 Å². The van der Waals surface area contributed by atoms with Gasteiger partial charge in [-0.3, -0.25) is 0 Å². The molecule has 0 aliphatic heterocycles. The van der Waals surface area contributed by atoms with Crippen LogP contribution in [0.5, 0.6) is 0 Å². The van der Waals surface area contributed by atoms with Crippen LogP contribution in [-0.4, -0.2) is 43.3 Å². The minimum atomic E-state index is -4.29. The second-order valence-corrected chi connectivity index (χ2v) is 14.0. The fraction of sp³-hybridized carbons (Fsp3) is 1.00. The molecular weight excluding hydrogens is 451 g/mol. The van der Waals surface area contributed by atoms with Gasteiger partial charge in [0.05, 0.1) is 0 Å². The quantitative estimate of drug-likeness (QED) is 0.140. The monoisotopic (exact) mass is 492 g/mol. The van der Waals surface area contributed by atoms with Gasteiger partial charge < -0.3 is 0 Å². The zero-order valence-corrected chi connectivity index (χ0v) is 20.4. The first-order valence-electron chi connectivity index (χ1n) is 10.6. The van der Waals surface area contributed by atoms with Crippen LogP contribution in [0.2, 0.25) is 0 Å². The Morgan fingerprint density at radius 3 is 1.33 bits per heavy atom. The van der Waals surface area contributed by atoms with Crippen molar-refractivity contribution < 1.29 is 21.4 Å². The Hall–Kier alpha value is 0.539. The summed E-state index contributed by atoms with van der Waals surface area (Å²) >= 11 is 2.23. The van der Waals surface area contributed by atoms with Crippen molar-refractivity contribution in [2.45, 2.75) is 110 Å². The van der Waals surface area contributed by atoms with E-state index in [4.69, 9.17) is 8.74 Å². The van der Waals surface area contributed by atoms with E-state index in [-0.39, 0.29) is 6.61 Å². The molecule has 0 saturated carbocycles. The topological polar surface area (TPSA) is 80.7 Å². The van der Waals surface area contributed by atoms with E-state index in [1.807, 2.05) is 0 Å². The fourth-order valence-corrected chi connectivity index (χ4v) is 7.88. The van der Waals surface area contributed by atoms with E-state index in [9.17, 15) is 12.6 Å². The van der Waals surface area contributed by atoms with E-state index in [1.165, 1.54) is 83.5 Å².